The van der Waals surface area contributed by atoms with Crippen LogP contribution in [0.15, 0.2) is 66.0 Å². The summed E-state index contributed by atoms with van der Waals surface area (Å²) in [4.78, 5) is 28.6. The second-order valence-corrected chi connectivity index (χ2v) is 10.1. The Kier molecular flexibility index (Phi) is 5.39. The Morgan fingerprint density at radius 2 is 1.82 bits per heavy atom. The van der Waals surface area contributed by atoms with Crippen LogP contribution in [0.1, 0.15) is 10.4 Å². The zero-order valence-corrected chi connectivity index (χ0v) is 20.2. The third-order valence-corrected chi connectivity index (χ3v) is 8.12. The van der Waals surface area contributed by atoms with Crippen molar-refractivity contribution in [2.45, 2.75) is 0 Å². The van der Waals surface area contributed by atoms with Crippen molar-refractivity contribution in [3.63, 3.8) is 0 Å². The predicted octanol–water partition coefficient (Wildman–Crippen LogP) is 5.54. The Balaban J connectivity index is 1.26. The van der Waals surface area contributed by atoms with Crippen LogP contribution in [-0.4, -0.2) is 54.1 Å². The summed E-state index contributed by atoms with van der Waals surface area (Å²) in [6, 6.07) is 19.9. The van der Waals surface area contributed by atoms with Gasteiger partial charge < -0.3 is 14.5 Å². The van der Waals surface area contributed by atoms with Crippen LogP contribution in [0.4, 0.5) is 5.13 Å². The minimum Gasteiger partial charge on any atom is -0.494 e. The molecular formula is C26H22N4O2S2. The van der Waals surface area contributed by atoms with Gasteiger partial charge in [-0.2, -0.15) is 0 Å². The Morgan fingerprint density at radius 3 is 2.62 bits per heavy atom. The highest BCUT2D eigenvalue weighted by Crippen LogP contribution is 2.35. The van der Waals surface area contributed by atoms with Crippen molar-refractivity contribution in [3.8, 4) is 16.3 Å². The van der Waals surface area contributed by atoms with E-state index in [1.165, 1.54) is 0 Å². The lowest BCUT2D eigenvalue weighted by atomic mass is 10.1. The second kappa shape index (κ2) is 8.70. The lowest BCUT2D eigenvalue weighted by molar-refractivity contribution is 0.0748. The zero-order chi connectivity index (χ0) is 23.1. The number of aromatic nitrogens is 2. The van der Waals surface area contributed by atoms with Gasteiger partial charge in [-0.05, 0) is 35.7 Å². The van der Waals surface area contributed by atoms with Gasteiger partial charge in [0.2, 0.25) is 0 Å². The summed E-state index contributed by atoms with van der Waals surface area (Å²) >= 11 is 3.30. The van der Waals surface area contributed by atoms with Gasteiger partial charge in [0, 0.05) is 31.6 Å². The molecule has 4 heterocycles. The summed E-state index contributed by atoms with van der Waals surface area (Å²) in [6.45, 7) is 2.79. The molecule has 5 aromatic rings. The highest BCUT2D eigenvalue weighted by Gasteiger charge is 2.26. The maximum Gasteiger partial charge on any atom is 0.254 e. The second-order valence-electron chi connectivity index (χ2n) is 8.13. The number of pyridine rings is 1. The summed E-state index contributed by atoms with van der Waals surface area (Å²) in [7, 11) is 1.67. The largest absolute Gasteiger partial charge is 0.494 e. The minimum atomic E-state index is 0.0574. The summed E-state index contributed by atoms with van der Waals surface area (Å²) in [5, 5.41) is 3.90. The third-order valence-electron chi connectivity index (χ3n) is 6.15. The number of hydrogen-bond donors (Lipinski definition) is 0. The standard InChI is InChI=1S/C26H22N4O2S2/c1-32-21-8-4-9-23-24(21)28-26(34-23)30-13-11-29(12-14-30)25(31)18-16-20(22-10-5-15-33-22)27-19-7-3-2-6-17(18)19/h2-10,15-16H,11-14H2,1H3. The van der Waals surface area contributed by atoms with E-state index in [1.54, 1.807) is 29.8 Å². The monoisotopic (exact) mass is 486 g/mol. The Bertz CT molecular complexity index is 1490. The van der Waals surface area contributed by atoms with Crippen molar-refractivity contribution in [2.75, 3.05) is 38.2 Å². The van der Waals surface area contributed by atoms with Crippen LogP contribution in [0, 0.1) is 0 Å². The molecule has 8 heteroatoms. The molecule has 0 saturated carbocycles. The molecule has 34 heavy (non-hydrogen) atoms. The third kappa shape index (κ3) is 3.69. The maximum atomic E-state index is 13.7. The van der Waals surface area contributed by atoms with E-state index in [9.17, 15) is 4.79 Å². The van der Waals surface area contributed by atoms with Gasteiger partial charge in [0.15, 0.2) is 5.13 Å². The number of anilines is 1. The lowest BCUT2D eigenvalue weighted by Gasteiger charge is -2.34. The van der Waals surface area contributed by atoms with E-state index < -0.39 is 0 Å². The molecule has 3 aromatic heterocycles. The van der Waals surface area contributed by atoms with Gasteiger partial charge >= 0.3 is 0 Å². The van der Waals surface area contributed by atoms with Crippen LogP contribution in [0.25, 0.3) is 31.7 Å². The number of carbonyl (C=O) groups excluding carboxylic acids is 1. The summed E-state index contributed by atoms with van der Waals surface area (Å²) < 4.78 is 6.57. The van der Waals surface area contributed by atoms with Gasteiger partial charge in [-0.1, -0.05) is 41.7 Å². The van der Waals surface area contributed by atoms with Crippen molar-refractivity contribution >= 4 is 54.8 Å². The molecule has 170 valence electrons. The van der Waals surface area contributed by atoms with Gasteiger partial charge in [-0.15, -0.1) is 11.3 Å². The number of benzene rings is 2. The van der Waals surface area contributed by atoms with Crippen LogP contribution in [0.5, 0.6) is 5.75 Å². The van der Waals surface area contributed by atoms with Gasteiger partial charge in [0.05, 0.1) is 33.5 Å². The molecular weight excluding hydrogens is 464 g/mol. The number of methoxy groups -OCH3 is 1. The first kappa shape index (κ1) is 21.1. The number of hydrogen-bond acceptors (Lipinski definition) is 7. The first-order chi connectivity index (χ1) is 16.7. The van der Waals surface area contributed by atoms with Gasteiger partial charge in [-0.25, -0.2) is 9.97 Å². The highest BCUT2D eigenvalue weighted by molar-refractivity contribution is 7.22. The van der Waals surface area contributed by atoms with Crippen LogP contribution in [-0.2, 0) is 0 Å². The van der Waals surface area contributed by atoms with E-state index in [4.69, 9.17) is 14.7 Å². The number of piperazine rings is 1. The van der Waals surface area contributed by atoms with Crippen molar-refractivity contribution in [1.82, 2.24) is 14.9 Å². The fraction of sp³-hybridized carbons (Fsp3) is 0.192. The van der Waals surface area contributed by atoms with Crippen molar-refractivity contribution in [3.05, 3.63) is 71.6 Å². The average molecular weight is 487 g/mol. The molecule has 1 amide bonds. The topological polar surface area (TPSA) is 58.6 Å². The SMILES string of the molecule is COc1cccc2sc(N3CCN(C(=O)c4cc(-c5cccs5)nc5ccccc45)CC3)nc12. The number of para-hydroxylation sites is 2. The molecule has 0 atom stereocenters. The maximum absolute atomic E-state index is 13.7. The van der Waals surface area contributed by atoms with E-state index in [0.29, 0.717) is 18.7 Å². The number of nitrogens with zero attached hydrogens (tertiary/aromatic N) is 4. The zero-order valence-electron chi connectivity index (χ0n) is 18.6. The summed E-state index contributed by atoms with van der Waals surface area (Å²) in [5.41, 5.74) is 3.30. The normalized spacial score (nSPS) is 14.1. The van der Waals surface area contributed by atoms with E-state index in [1.807, 2.05) is 64.9 Å². The minimum absolute atomic E-state index is 0.0574. The van der Waals surface area contributed by atoms with E-state index in [2.05, 4.69) is 11.0 Å². The Morgan fingerprint density at radius 1 is 0.971 bits per heavy atom. The highest BCUT2D eigenvalue weighted by atomic mass is 32.1. The molecule has 1 aliphatic heterocycles. The average Bonchev–Trinajstić information content (AvgIpc) is 3.58. The number of ether oxygens (including phenoxy) is 1. The number of thiazole rings is 1. The molecule has 0 unspecified atom stereocenters. The summed E-state index contributed by atoms with van der Waals surface area (Å²) in [6.07, 6.45) is 0. The molecule has 0 bridgehead atoms. The molecule has 1 fully saturated rings. The first-order valence-corrected chi connectivity index (χ1v) is 12.8. The number of thiophene rings is 1. The van der Waals surface area contributed by atoms with Crippen LogP contribution < -0.4 is 9.64 Å². The molecule has 1 saturated heterocycles. The predicted molar refractivity (Wildman–Crippen MR) is 139 cm³/mol. The number of rotatable bonds is 4. The summed E-state index contributed by atoms with van der Waals surface area (Å²) in [5.74, 6) is 0.849. The van der Waals surface area contributed by atoms with Crippen molar-refractivity contribution in [2.24, 2.45) is 0 Å². The molecule has 0 spiro atoms. The Labute approximate surface area is 205 Å². The van der Waals surface area contributed by atoms with E-state index >= 15 is 0 Å². The number of carbonyl (C=O) groups is 1. The Hall–Kier alpha value is -3.49. The van der Waals surface area contributed by atoms with Gasteiger partial charge in [0.1, 0.15) is 11.3 Å². The first-order valence-electron chi connectivity index (χ1n) is 11.1. The molecule has 1 aliphatic rings. The smallest absolute Gasteiger partial charge is 0.254 e. The molecule has 0 aliphatic carbocycles. The quantitative estimate of drug-likeness (QED) is 0.334. The fourth-order valence-electron chi connectivity index (χ4n) is 4.39. The number of amides is 1. The van der Waals surface area contributed by atoms with Gasteiger partial charge in [-0.3, -0.25) is 4.79 Å². The lowest BCUT2D eigenvalue weighted by Crippen LogP contribution is -2.48. The van der Waals surface area contributed by atoms with Crippen molar-refractivity contribution < 1.29 is 9.53 Å². The number of fused-ring (bicyclic) bond motifs is 2. The van der Waals surface area contributed by atoms with Gasteiger partial charge in [0.25, 0.3) is 5.91 Å². The fourth-order valence-corrected chi connectivity index (χ4v) is 6.11. The van der Waals surface area contributed by atoms with E-state index in [0.717, 1.165) is 55.7 Å². The van der Waals surface area contributed by atoms with Crippen LogP contribution in [0.3, 0.4) is 0 Å². The van der Waals surface area contributed by atoms with Crippen LogP contribution >= 0.6 is 22.7 Å². The van der Waals surface area contributed by atoms with E-state index in [-0.39, 0.29) is 5.91 Å². The van der Waals surface area contributed by atoms with Crippen molar-refractivity contribution in [1.29, 1.82) is 0 Å². The molecule has 0 radical (unpaired) electrons. The molecule has 0 N–H and O–H groups in total. The van der Waals surface area contributed by atoms with Crippen LogP contribution in [0.2, 0.25) is 0 Å². The molecule has 6 rings (SSSR count). The molecule has 6 nitrogen and oxygen atoms in total. The molecule has 2 aromatic carbocycles.